The van der Waals surface area contributed by atoms with E-state index in [0.29, 0.717) is 10.9 Å². The molecule has 0 spiro atoms. The fourth-order valence-corrected chi connectivity index (χ4v) is 2.13. The van der Waals surface area contributed by atoms with Crippen molar-refractivity contribution >= 4 is 28.2 Å². The van der Waals surface area contributed by atoms with Gasteiger partial charge in [0.25, 0.3) is 0 Å². The maximum Gasteiger partial charge on any atom is 0.326 e. The molecule has 1 aromatic carbocycles. The number of nitro groups is 1. The van der Waals surface area contributed by atoms with E-state index in [-0.39, 0.29) is 17.3 Å². The highest BCUT2D eigenvalue weighted by Crippen LogP contribution is 2.33. The first-order valence-electron chi connectivity index (χ1n) is 6.43. The van der Waals surface area contributed by atoms with Crippen LogP contribution in [0, 0.1) is 16.0 Å². The Balaban J connectivity index is 2.56. The van der Waals surface area contributed by atoms with Gasteiger partial charge in [-0.15, -0.1) is 0 Å². The molecule has 1 heterocycles. The Labute approximate surface area is 120 Å². The molecule has 2 N–H and O–H groups in total. The Hall–Kier alpha value is -2.70. The molecule has 21 heavy (non-hydrogen) atoms. The van der Waals surface area contributed by atoms with Crippen LogP contribution in [-0.4, -0.2) is 27.0 Å². The number of nitro benzene ring substituents is 1. The van der Waals surface area contributed by atoms with E-state index in [4.69, 9.17) is 0 Å². The Morgan fingerprint density at radius 2 is 2.10 bits per heavy atom. The molecule has 1 aromatic heterocycles. The summed E-state index contributed by atoms with van der Waals surface area (Å²) in [5, 5.41) is 23.7. The van der Waals surface area contributed by atoms with Gasteiger partial charge in [-0.25, -0.2) is 4.79 Å². The van der Waals surface area contributed by atoms with E-state index < -0.39 is 16.9 Å². The molecule has 110 valence electrons. The third kappa shape index (κ3) is 2.91. The number of fused-ring (bicyclic) bond motifs is 1. The number of nitrogens with zero attached hydrogens (tertiary/aromatic N) is 2. The topological polar surface area (TPSA) is 105 Å². The Morgan fingerprint density at radius 3 is 2.67 bits per heavy atom. The van der Waals surface area contributed by atoms with Gasteiger partial charge in [0.05, 0.1) is 15.8 Å². The first-order valence-corrected chi connectivity index (χ1v) is 6.43. The van der Waals surface area contributed by atoms with E-state index in [1.54, 1.807) is 38.2 Å². The van der Waals surface area contributed by atoms with E-state index in [9.17, 15) is 20.0 Å². The van der Waals surface area contributed by atoms with Crippen molar-refractivity contribution in [3.05, 3.63) is 40.6 Å². The van der Waals surface area contributed by atoms with Gasteiger partial charge in [0.2, 0.25) is 0 Å². The maximum absolute atomic E-state index is 11.3. The lowest BCUT2D eigenvalue weighted by Crippen LogP contribution is -2.34. The van der Waals surface area contributed by atoms with Crippen LogP contribution >= 0.6 is 0 Å². The number of carboxylic acid groups (broad SMARTS) is 1. The zero-order chi connectivity index (χ0) is 15.6. The molecule has 0 saturated heterocycles. The summed E-state index contributed by atoms with van der Waals surface area (Å²) in [6, 6.07) is 5.42. The Kier molecular flexibility index (Phi) is 4.02. The molecular formula is C14H15N3O4. The van der Waals surface area contributed by atoms with Gasteiger partial charge in [-0.3, -0.25) is 15.1 Å². The van der Waals surface area contributed by atoms with Crippen LogP contribution in [0.5, 0.6) is 0 Å². The summed E-state index contributed by atoms with van der Waals surface area (Å²) in [7, 11) is 0. The van der Waals surface area contributed by atoms with Crippen molar-refractivity contribution in [3.63, 3.8) is 0 Å². The van der Waals surface area contributed by atoms with Gasteiger partial charge in [-0.1, -0.05) is 13.8 Å². The standard InChI is InChI=1S/C14H15N3O4/c1-8(2)12(14(18)19)16-11-6-5-10-9(4-3-7-15-10)13(11)17(20)21/h3-8,12,16H,1-2H3,(H,18,19). The highest BCUT2D eigenvalue weighted by atomic mass is 16.6. The number of benzene rings is 1. The van der Waals surface area contributed by atoms with E-state index in [0.717, 1.165) is 0 Å². The summed E-state index contributed by atoms with van der Waals surface area (Å²) in [6.07, 6.45) is 1.55. The van der Waals surface area contributed by atoms with Gasteiger partial charge in [0.15, 0.2) is 0 Å². The number of rotatable bonds is 5. The Bertz CT molecular complexity index is 700. The lowest BCUT2D eigenvalue weighted by atomic mass is 10.0. The largest absolute Gasteiger partial charge is 0.480 e. The number of pyridine rings is 1. The van der Waals surface area contributed by atoms with Crippen LogP contribution in [0.2, 0.25) is 0 Å². The lowest BCUT2D eigenvalue weighted by Gasteiger charge is -2.19. The number of hydrogen-bond acceptors (Lipinski definition) is 5. The molecule has 0 saturated carbocycles. The van der Waals surface area contributed by atoms with Crippen LogP contribution in [0.1, 0.15) is 13.8 Å². The minimum absolute atomic E-state index is 0.160. The minimum atomic E-state index is -1.05. The fraction of sp³-hybridized carbons (Fsp3) is 0.286. The maximum atomic E-state index is 11.3. The summed E-state index contributed by atoms with van der Waals surface area (Å²) >= 11 is 0. The zero-order valence-electron chi connectivity index (χ0n) is 11.6. The van der Waals surface area contributed by atoms with Crippen LogP contribution in [0.4, 0.5) is 11.4 Å². The number of aliphatic carboxylic acids is 1. The third-order valence-electron chi connectivity index (χ3n) is 3.18. The molecule has 7 nitrogen and oxygen atoms in total. The summed E-state index contributed by atoms with van der Waals surface area (Å²) in [5.41, 5.74) is 0.514. The van der Waals surface area contributed by atoms with Crippen molar-refractivity contribution in [1.29, 1.82) is 0 Å². The van der Waals surface area contributed by atoms with Crippen molar-refractivity contribution in [2.45, 2.75) is 19.9 Å². The van der Waals surface area contributed by atoms with Crippen LogP contribution in [0.3, 0.4) is 0 Å². The molecule has 0 amide bonds. The average molecular weight is 289 g/mol. The van der Waals surface area contributed by atoms with Crippen molar-refractivity contribution in [2.24, 2.45) is 5.92 Å². The molecule has 0 aliphatic carbocycles. The smallest absolute Gasteiger partial charge is 0.326 e. The molecule has 2 rings (SSSR count). The van der Waals surface area contributed by atoms with Crippen molar-refractivity contribution in [1.82, 2.24) is 4.98 Å². The monoisotopic (exact) mass is 289 g/mol. The summed E-state index contributed by atoms with van der Waals surface area (Å²) in [5.74, 6) is -1.27. The van der Waals surface area contributed by atoms with Gasteiger partial charge < -0.3 is 10.4 Å². The summed E-state index contributed by atoms with van der Waals surface area (Å²) in [4.78, 5) is 26.1. The van der Waals surface area contributed by atoms with Crippen molar-refractivity contribution in [3.8, 4) is 0 Å². The van der Waals surface area contributed by atoms with Crippen molar-refractivity contribution < 1.29 is 14.8 Å². The van der Waals surface area contributed by atoms with E-state index in [1.165, 1.54) is 6.07 Å². The van der Waals surface area contributed by atoms with Gasteiger partial charge in [-0.2, -0.15) is 0 Å². The van der Waals surface area contributed by atoms with Gasteiger partial charge in [-0.05, 0) is 30.2 Å². The highest BCUT2D eigenvalue weighted by Gasteiger charge is 2.26. The van der Waals surface area contributed by atoms with Crippen molar-refractivity contribution in [2.75, 3.05) is 5.32 Å². The molecule has 2 aromatic rings. The quantitative estimate of drug-likeness (QED) is 0.647. The summed E-state index contributed by atoms with van der Waals surface area (Å²) < 4.78 is 0. The average Bonchev–Trinajstić information content (AvgIpc) is 2.42. The SMILES string of the molecule is CC(C)C(Nc1ccc2ncccc2c1[N+](=O)[O-])C(=O)O. The number of anilines is 1. The molecule has 1 atom stereocenters. The minimum Gasteiger partial charge on any atom is -0.480 e. The Morgan fingerprint density at radius 1 is 1.38 bits per heavy atom. The van der Waals surface area contributed by atoms with E-state index in [1.807, 2.05) is 0 Å². The van der Waals surface area contributed by atoms with E-state index in [2.05, 4.69) is 10.3 Å². The first-order chi connectivity index (χ1) is 9.91. The molecule has 1 unspecified atom stereocenters. The number of hydrogen-bond donors (Lipinski definition) is 2. The number of carbonyl (C=O) groups is 1. The normalized spacial score (nSPS) is 12.3. The molecule has 0 radical (unpaired) electrons. The number of aromatic nitrogens is 1. The molecule has 0 aliphatic rings. The third-order valence-corrected chi connectivity index (χ3v) is 3.18. The van der Waals surface area contributed by atoms with Crippen LogP contribution < -0.4 is 5.32 Å². The fourth-order valence-electron chi connectivity index (χ4n) is 2.13. The molecule has 0 bridgehead atoms. The number of nitrogens with one attached hydrogen (secondary N) is 1. The second-order valence-electron chi connectivity index (χ2n) is 4.99. The second kappa shape index (κ2) is 5.74. The van der Waals surface area contributed by atoms with Crippen LogP contribution in [0.15, 0.2) is 30.5 Å². The van der Waals surface area contributed by atoms with Crippen LogP contribution in [-0.2, 0) is 4.79 Å². The highest BCUT2D eigenvalue weighted by molar-refractivity contribution is 5.95. The second-order valence-corrected chi connectivity index (χ2v) is 4.99. The molecule has 0 fully saturated rings. The molecule has 7 heteroatoms. The molecule has 0 aliphatic heterocycles. The van der Waals surface area contributed by atoms with Gasteiger partial charge in [0, 0.05) is 6.20 Å². The summed E-state index contributed by atoms with van der Waals surface area (Å²) in [6.45, 7) is 3.47. The van der Waals surface area contributed by atoms with Crippen LogP contribution in [0.25, 0.3) is 10.9 Å². The zero-order valence-corrected chi connectivity index (χ0v) is 11.6. The van der Waals surface area contributed by atoms with Gasteiger partial charge in [0.1, 0.15) is 11.7 Å². The number of carboxylic acids is 1. The van der Waals surface area contributed by atoms with E-state index >= 15 is 0 Å². The van der Waals surface area contributed by atoms with Gasteiger partial charge >= 0.3 is 11.7 Å². The predicted octanol–water partition coefficient (Wildman–Crippen LogP) is 2.66. The predicted molar refractivity (Wildman–Crippen MR) is 78.3 cm³/mol. The first kappa shape index (κ1) is 14.7. The lowest BCUT2D eigenvalue weighted by molar-refractivity contribution is -0.382. The molecular weight excluding hydrogens is 274 g/mol.